The second-order valence-electron chi connectivity index (χ2n) is 5.59. The zero-order chi connectivity index (χ0) is 16.2. The Kier molecular flexibility index (Phi) is 5.32. The first-order chi connectivity index (χ1) is 10.4. The van der Waals surface area contributed by atoms with Gasteiger partial charge in [-0.25, -0.2) is 0 Å². The summed E-state index contributed by atoms with van der Waals surface area (Å²) in [5.74, 6) is 0. The molecule has 0 bridgehead atoms. The molecule has 0 aromatic heterocycles. The number of hydrogen-bond donors (Lipinski definition) is 4. The van der Waals surface area contributed by atoms with Crippen molar-refractivity contribution in [2.75, 3.05) is 0 Å². The first kappa shape index (κ1) is 16.6. The second-order valence-corrected chi connectivity index (χ2v) is 5.59. The maximum Gasteiger partial charge on any atom is 0.118 e. The van der Waals surface area contributed by atoms with Crippen LogP contribution in [0.15, 0.2) is 60.7 Å². The van der Waals surface area contributed by atoms with Crippen LogP contribution in [0.2, 0.25) is 0 Å². The van der Waals surface area contributed by atoms with Crippen molar-refractivity contribution in [3.8, 4) is 0 Å². The standard InChI is InChI=1S/C18H22O4/c1-13(19)18(22,15-10-6-3-7-11-15)12-16(20)17(21)14-8-4-2-5-9-14/h2-11,13,16-17,19-22H,12H2,1H3/t13-,16-,17-,18-/m1/s1. The maximum atomic E-state index is 10.8. The predicted octanol–water partition coefficient (Wildman–Crippen LogP) is 1.74. The number of benzene rings is 2. The van der Waals surface area contributed by atoms with Gasteiger partial charge in [0.15, 0.2) is 0 Å². The molecule has 2 aromatic carbocycles. The number of hydrogen-bond acceptors (Lipinski definition) is 4. The van der Waals surface area contributed by atoms with Crippen molar-refractivity contribution in [2.24, 2.45) is 0 Å². The second kappa shape index (κ2) is 7.03. The molecule has 22 heavy (non-hydrogen) atoms. The van der Waals surface area contributed by atoms with E-state index < -0.39 is 23.9 Å². The minimum absolute atomic E-state index is 0.176. The number of aliphatic hydroxyl groups excluding tert-OH is 3. The van der Waals surface area contributed by atoms with Crippen LogP contribution in [0.1, 0.15) is 30.6 Å². The van der Waals surface area contributed by atoms with Crippen LogP contribution in [0, 0.1) is 0 Å². The molecule has 0 saturated heterocycles. The molecule has 0 aliphatic rings. The molecule has 0 amide bonds. The van der Waals surface area contributed by atoms with E-state index in [-0.39, 0.29) is 6.42 Å². The van der Waals surface area contributed by atoms with E-state index in [9.17, 15) is 20.4 Å². The summed E-state index contributed by atoms with van der Waals surface area (Å²) in [6, 6.07) is 17.5. The molecule has 0 saturated carbocycles. The van der Waals surface area contributed by atoms with Crippen LogP contribution in [-0.2, 0) is 5.60 Å². The highest BCUT2D eigenvalue weighted by Crippen LogP contribution is 2.33. The average molecular weight is 302 g/mol. The van der Waals surface area contributed by atoms with Gasteiger partial charge in [-0.2, -0.15) is 0 Å². The van der Waals surface area contributed by atoms with Gasteiger partial charge in [-0.15, -0.1) is 0 Å². The molecular weight excluding hydrogens is 280 g/mol. The zero-order valence-electron chi connectivity index (χ0n) is 12.5. The molecule has 2 aromatic rings. The number of rotatable bonds is 6. The highest BCUT2D eigenvalue weighted by atomic mass is 16.4. The summed E-state index contributed by atoms with van der Waals surface area (Å²) in [4.78, 5) is 0. The van der Waals surface area contributed by atoms with Crippen molar-refractivity contribution in [1.82, 2.24) is 0 Å². The lowest BCUT2D eigenvalue weighted by molar-refractivity contribution is -0.116. The zero-order valence-corrected chi connectivity index (χ0v) is 12.5. The van der Waals surface area contributed by atoms with Crippen LogP contribution < -0.4 is 0 Å². The Morgan fingerprint density at radius 3 is 1.86 bits per heavy atom. The van der Waals surface area contributed by atoms with Crippen LogP contribution >= 0.6 is 0 Å². The third kappa shape index (κ3) is 3.54. The Morgan fingerprint density at radius 2 is 1.36 bits per heavy atom. The topological polar surface area (TPSA) is 80.9 Å². The van der Waals surface area contributed by atoms with E-state index >= 15 is 0 Å². The van der Waals surface area contributed by atoms with Crippen molar-refractivity contribution in [3.05, 3.63) is 71.8 Å². The first-order valence-electron chi connectivity index (χ1n) is 7.32. The fraction of sp³-hybridized carbons (Fsp3) is 0.333. The molecule has 0 aliphatic heterocycles. The molecule has 118 valence electrons. The molecule has 0 heterocycles. The van der Waals surface area contributed by atoms with Gasteiger partial charge in [0.05, 0.1) is 12.2 Å². The highest BCUT2D eigenvalue weighted by molar-refractivity contribution is 5.25. The molecule has 0 fully saturated rings. The third-order valence-electron chi connectivity index (χ3n) is 3.99. The van der Waals surface area contributed by atoms with Crippen molar-refractivity contribution in [3.63, 3.8) is 0 Å². The summed E-state index contributed by atoms with van der Waals surface area (Å²) in [5, 5.41) is 41.3. The SMILES string of the molecule is C[C@@H](O)[C@](O)(C[C@@H](O)[C@H](O)c1ccccc1)c1ccccc1. The van der Waals surface area contributed by atoms with Crippen LogP contribution in [-0.4, -0.2) is 32.6 Å². The van der Waals surface area contributed by atoms with Crippen LogP contribution in [0.4, 0.5) is 0 Å². The van der Waals surface area contributed by atoms with E-state index in [1.807, 2.05) is 6.07 Å². The first-order valence-corrected chi connectivity index (χ1v) is 7.32. The van der Waals surface area contributed by atoms with Gasteiger partial charge >= 0.3 is 0 Å². The number of aliphatic hydroxyl groups is 4. The van der Waals surface area contributed by atoms with Gasteiger partial charge in [-0.1, -0.05) is 60.7 Å². The Bertz CT molecular complexity index is 570. The van der Waals surface area contributed by atoms with Gasteiger partial charge in [-0.3, -0.25) is 0 Å². The molecule has 0 unspecified atom stereocenters. The molecule has 4 nitrogen and oxygen atoms in total. The van der Waals surface area contributed by atoms with Crippen molar-refractivity contribution >= 4 is 0 Å². The molecule has 2 rings (SSSR count). The Morgan fingerprint density at radius 1 is 0.864 bits per heavy atom. The molecule has 4 N–H and O–H groups in total. The summed E-state index contributed by atoms with van der Waals surface area (Å²) in [7, 11) is 0. The summed E-state index contributed by atoms with van der Waals surface area (Å²) in [5.41, 5.74) is -0.559. The lowest BCUT2D eigenvalue weighted by atomic mass is 9.82. The van der Waals surface area contributed by atoms with E-state index in [4.69, 9.17) is 0 Å². The molecule has 0 spiro atoms. The lowest BCUT2D eigenvalue weighted by Crippen LogP contribution is -2.42. The van der Waals surface area contributed by atoms with Gasteiger partial charge in [0.25, 0.3) is 0 Å². The third-order valence-corrected chi connectivity index (χ3v) is 3.99. The fourth-order valence-electron chi connectivity index (χ4n) is 2.56. The van der Waals surface area contributed by atoms with Crippen molar-refractivity contribution < 1.29 is 20.4 Å². The van der Waals surface area contributed by atoms with E-state index in [2.05, 4.69) is 0 Å². The molecule has 0 radical (unpaired) electrons. The monoisotopic (exact) mass is 302 g/mol. The van der Waals surface area contributed by atoms with E-state index in [0.717, 1.165) is 0 Å². The minimum atomic E-state index is -1.63. The quantitative estimate of drug-likeness (QED) is 0.655. The van der Waals surface area contributed by atoms with E-state index in [0.29, 0.717) is 11.1 Å². The van der Waals surface area contributed by atoms with E-state index in [1.54, 1.807) is 54.6 Å². The Labute approximate surface area is 130 Å². The summed E-state index contributed by atoms with van der Waals surface area (Å²) < 4.78 is 0. The predicted molar refractivity (Wildman–Crippen MR) is 84.0 cm³/mol. The van der Waals surface area contributed by atoms with Gasteiger partial charge < -0.3 is 20.4 Å². The van der Waals surface area contributed by atoms with Crippen molar-refractivity contribution in [2.45, 2.75) is 37.3 Å². The highest BCUT2D eigenvalue weighted by Gasteiger charge is 2.38. The van der Waals surface area contributed by atoms with E-state index in [1.165, 1.54) is 6.92 Å². The molecular formula is C18H22O4. The smallest absolute Gasteiger partial charge is 0.118 e. The van der Waals surface area contributed by atoms with Crippen LogP contribution in [0.5, 0.6) is 0 Å². The van der Waals surface area contributed by atoms with Gasteiger partial charge in [-0.05, 0) is 18.1 Å². The van der Waals surface area contributed by atoms with Gasteiger partial charge in [0.2, 0.25) is 0 Å². The normalized spacial score (nSPS) is 18.2. The Balaban J connectivity index is 2.21. The van der Waals surface area contributed by atoms with Crippen molar-refractivity contribution in [1.29, 1.82) is 0 Å². The Hall–Kier alpha value is -1.72. The average Bonchev–Trinajstić information content (AvgIpc) is 2.55. The minimum Gasteiger partial charge on any atom is -0.390 e. The summed E-state index contributed by atoms with van der Waals surface area (Å²) >= 11 is 0. The summed E-state index contributed by atoms with van der Waals surface area (Å²) in [6.45, 7) is 1.47. The summed E-state index contributed by atoms with van der Waals surface area (Å²) in [6.07, 6.45) is -3.60. The van der Waals surface area contributed by atoms with Crippen LogP contribution in [0.25, 0.3) is 0 Å². The molecule has 4 heteroatoms. The maximum absolute atomic E-state index is 10.8. The van der Waals surface area contributed by atoms with Gasteiger partial charge in [0, 0.05) is 6.42 Å². The van der Waals surface area contributed by atoms with Gasteiger partial charge in [0.1, 0.15) is 11.7 Å². The van der Waals surface area contributed by atoms with Crippen LogP contribution in [0.3, 0.4) is 0 Å². The lowest BCUT2D eigenvalue weighted by Gasteiger charge is -2.34. The molecule has 4 atom stereocenters. The largest absolute Gasteiger partial charge is 0.390 e. The fourth-order valence-corrected chi connectivity index (χ4v) is 2.56. The molecule has 0 aliphatic carbocycles.